The fourth-order valence-corrected chi connectivity index (χ4v) is 9.15. The van der Waals surface area contributed by atoms with Crippen LogP contribution in [0.25, 0.3) is 0 Å². The summed E-state index contributed by atoms with van der Waals surface area (Å²) in [4.78, 5) is 9.54. The summed E-state index contributed by atoms with van der Waals surface area (Å²) in [7, 11) is 0. The van der Waals surface area contributed by atoms with Gasteiger partial charge in [0.25, 0.3) is 0 Å². The van der Waals surface area contributed by atoms with Crippen LogP contribution in [0.1, 0.15) is 118 Å². The molecule has 0 bridgehead atoms. The van der Waals surface area contributed by atoms with Gasteiger partial charge in [-0.3, -0.25) is 15.2 Å². The number of hydrogen-bond acceptors (Lipinski definition) is 9. The molecule has 3 heterocycles. The van der Waals surface area contributed by atoms with Crippen LogP contribution in [0.15, 0.2) is 23.2 Å². The molecule has 4 unspecified atom stereocenters. The van der Waals surface area contributed by atoms with Gasteiger partial charge in [0.05, 0.1) is 30.3 Å². The van der Waals surface area contributed by atoms with E-state index in [1.807, 2.05) is 11.8 Å². The number of anilines is 2. The number of nitrogens with two attached hydrogens (primary N) is 1. The highest BCUT2D eigenvalue weighted by Crippen LogP contribution is 2.46. The minimum absolute atomic E-state index is 0.102. The maximum atomic E-state index is 11.3. The van der Waals surface area contributed by atoms with E-state index in [4.69, 9.17) is 15.5 Å². The van der Waals surface area contributed by atoms with Gasteiger partial charge in [-0.15, -0.1) is 0 Å². The quantitative estimate of drug-likeness (QED) is 0.139. The van der Waals surface area contributed by atoms with Crippen molar-refractivity contribution >= 4 is 17.2 Å². The molecule has 5 aliphatic rings. The first-order valence-electron chi connectivity index (χ1n) is 19.8. The number of aliphatic imine (C=N–C) groups is 1. The van der Waals surface area contributed by atoms with Crippen molar-refractivity contribution in [2.45, 2.75) is 172 Å². The third-order valence-corrected chi connectivity index (χ3v) is 12.7. The molecule has 2 aliphatic carbocycles. The summed E-state index contributed by atoms with van der Waals surface area (Å²) >= 11 is 0. The van der Waals surface area contributed by atoms with Crippen LogP contribution < -0.4 is 21.7 Å². The van der Waals surface area contributed by atoms with Crippen LogP contribution in [0.3, 0.4) is 0 Å². The fourth-order valence-electron chi connectivity index (χ4n) is 9.15. The molecule has 0 spiro atoms. The number of fused-ring (bicyclic) bond motifs is 1. The Kier molecular flexibility index (Phi) is 11.8. The SMILES string of the molecule is CCCC(CC)CCN=C1C(C(C)N)NCN1[C@@H]1O[C@H](CN(C(C)C)C2CC(CCC3Nc4ccc(C5(C)CCC5)cc4N3)C2)[C@@H](O)[C@H]1O. The van der Waals surface area contributed by atoms with Crippen molar-refractivity contribution in [3.05, 3.63) is 23.8 Å². The van der Waals surface area contributed by atoms with Crippen molar-refractivity contribution in [2.24, 2.45) is 22.6 Å². The average molecular weight is 682 g/mol. The molecule has 0 aromatic heterocycles. The lowest BCUT2D eigenvalue weighted by Gasteiger charge is -2.46. The summed E-state index contributed by atoms with van der Waals surface area (Å²) in [6.07, 6.45) is 10.4. The van der Waals surface area contributed by atoms with Crippen molar-refractivity contribution in [1.82, 2.24) is 15.1 Å². The third kappa shape index (κ3) is 7.95. The number of amidine groups is 1. The Bertz CT molecular complexity index is 1270. The molecule has 10 heteroatoms. The van der Waals surface area contributed by atoms with Crippen LogP contribution in [0.2, 0.25) is 0 Å². The van der Waals surface area contributed by atoms with Gasteiger partial charge in [-0.25, -0.2) is 0 Å². The number of aliphatic hydroxyl groups excluding tert-OH is 2. The minimum Gasteiger partial charge on any atom is -0.387 e. The van der Waals surface area contributed by atoms with Crippen LogP contribution in [0.4, 0.5) is 11.4 Å². The maximum Gasteiger partial charge on any atom is 0.161 e. The first kappa shape index (κ1) is 36.8. The lowest BCUT2D eigenvalue weighted by atomic mass is 9.66. The monoisotopic (exact) mass is 682 g/mol. The molecule has 4 fully saturated rings. The number of nitrogens with one attached hydrogen (secondary N) is 3. The summed E-state index contributed by atoms with van der Waals surface area (Å²) in [5.41, 5.74) is 10.7. The van der Waals surface area contributed by atoms with Gasteiger partial charge in [0.1, 0.15) is 24.1 Å². The molecule has 7 N–H and O–H groups in total. The molecule has 2 saturated heterocycles. The molecular weight excluding hydrogens is 614 g/mol. The van der Waals surface area contributed by atoms with Gasteiger partial charge in [-0.2, -0.15) is 0 Å². The number of benzene rings is 1. The van der Waals surface area contributed by atoms with Gasteiger partial charge in [0, 0.05) is 31.2 Å². The van der Waals surface area contributed by atoms with E-state index in [-0.39, 0.29) is 12.1 Å². The number of rotatable bonds is 16. The van der Waals surface area contributed by atoms with Crippen LogP contribution in [0.5, 0.6) is 0 Å². The Morgan fingerprint density at radius 3 is 2.47 bits per heavy atom. The zero-order chi connectivity index (χ0) is 34.9. The summed E-state index contributed by atoms with van der Waals surface area (Å²) in [6, 6.07) is 7.52. The molecule has 3 aliphatic heterocycles. The van der Waals surface area contributed by atoms with E-state index < -0.39 is 24.5 Å². The number of nitrogens with zero attached hydrogens (tertiary/aromatic N) is 3. The Morgan fingerprint density at radius 1 is 1.06 bits per heavy atom. The second-order valence-electron chi connectivity index (χ2n) is 16.7. The van der Waals surface area contributed by atoms with Crippen LogP contribution >= 0.6 is 0 Å². The molecule has 276 valence electrons. The number of hydrogen-bond donors (Lipinski definition) is 6. The zero-order valence-corrected chi connectivity index (χ0v) is 31.2. The number of ether oxygens (including phenoxy) is 1. The first-order valence-corrected chi connectivity index (χ1v) is 19.8. The lowest BCUT2D eigenvalue weighted by Crippen LogP contribution is -2.52. The molecule has 2 saturated carbocycles. The van der Waals surface area contributed by atoms with Gasteiger partial charge in [0.2, 0.25) is 0 Å². The molecule has 8 atom stereocenters. The molecule has 1 aromatic carbocycles. The van der Waals surface area contributed by atoms with Gasteiger partial charge >= 0.3 is 0 Å². The molecular formula is C39H67N7O3. The Morgan fingerprint density at radius 2 is 1.82 bits per heavy atom. The van der Waals surface area contributed by atoms with E-state index >= 15 is 0 Å². The minimum atomic E-state index is -1.02. The number of aliphatic hydroxyl groups is 2. The third-order valence-electron chi connectivity index (χ3n) is 12.7. The predicted molar refractivity (Wildman–Crippen MR) is 200 cm³/mol. The fraction of sp³-hybridized carbons (Fsp3) is 0.821. The van der Waals surface area contributed by atoms with Crippen LogP contribution in [0, 0.1) is 11.8 Å². The Labute approximate surface area is 296 Å². The molecule has 1 aromatic rings. The molecule has 6 rings (SSSR count). The highest BCUT2D eigenvalue weighted by atomic mass is 16.6. The van der Waals surface area contributed by atoms with Crippen molar-refractivity contribution in [3.8, 4) is 0 Å². The van der Waals surface area contributed by atoms with Gasteiger partial charge in [-0.05, 0) is 101 Å². The molecule has 10 nitrogen and oxygen atoms in total. The highest BCUT2D eigenvalue weighted by molar-refractivity contribution is 5.90. The molecule has 0 radical (unpaired) electrons. The summed E-state index contributed by atoms with van der Waals surface area (Å²) in [5, 5.41) is 33.5. The van der Waals surface area contributed by atoms with E-state index in [1.165, 1.54) is 55.5 Å². The lowest BCUT2D eigenvalue weighted by molar-refractivity contribution is -0.0761. The van der Waals surface area contributed by atoms with Crippen molar-refractivity contribution < 1.29 is 14.9 Å². The molecule has 49 heavy (non-hydrogen) atoms. The van der Waals surface area contributed by atoms with Crippen molar-refractivity contribution in [2.75, 3.05) is 30.4 Å². The van der Waals surface area contributed by atoms with Crippen LogP contribution in [-0.2, 0) is 10.2 Å². The second kappa shape index (κ2) is 15.7. The first-order chi connectivity index (χ1) is 23.5. The van der Waals surface area contributed by atoms with Gasteiger partial charge < -0.3 is 36.2 Å². The van der Waals surface area contributed by atoms with Crippen molar-refractivity contribution in [3.63, 3.8) is 0 Å². The zero-order valence-electron chi connectivity index (χ0n) is 31.2. The van der Waals surface area contributed by atoms with Gasteiger partial charge in [0.15, 0.2) is 6.23 Å². The van der Waals surface area contributed by atoms with E-state index in [2.05, 4.69) is 73.7 Å². The summed E-state index contributed by atoms with van der Waals surface area (Å²) in [5.74, 6) is 2.22. The summed E-state index contributed by atoms with van der Waals surface area (Å²) < 4.78 is 6.53. The highest BCUT2D eigenvalue weighted by Gasteiger charge is 2.50. The smallest absolute Gasteiger partial charge is 0.161 e. The van der Waals surface area contributed by atoms with E-state index in [9.17, 15) is 10.2 Å². The van der Waals surface area contributed by atoms with Crippen LogP contribution in [-0.4, -0.2) is 100 Å². The normalized spacial score (nSPS) is 34.1. The topological polar surface area (TPSA) is 131 Å². The average Bonchev–Trinajstić information content (AvgIpc) is 3.73. The molecule has 0 amide bonds. The predicted octanol–water partition coefficient (Wildman–Crippen LogP) is 5.20. The Balaban J connectivity index is 0.999. The standard InChI is InChI=1S/C39H67N7O3/c1-7-10-26(8-2)15-18-41-37-34(25(5)40)42-23-46(37)38-36(48)35(47)32(49-38)22-45(24(3)4)29-19-27(20-29)11-14-33-43-30-13-12-28(21-31(30)44-33)39(6)16-9-17-39/h12-13,21,24-27,29,32-36,38,42-44,47-48H,7-11,14-20,22-23,40H2,1-6H3/t25?,26?,27?,29?,32-,33?,34?,35-,36-,38-/m1/s1. The largest absolute Gasteiger partial charge is 0.387 e. The maximum absolute atomic E-state index is 11.3. The van der Waals surface area contributed by atoms with Crippen molar-refractivity contribution in [1.29, 1.82) is 0 Å². The van der Waals surface area contributed by atoms with E-state index in [0.29, 0.717) is 48.7 Å². The Hall–Kier alpha value is -1.95. The van der Waals surface area contributed by atoms with E-state index in [1.54, 1.807) is 0 Å². The van der Waals surface area contributed by atoms with Gasteiger partial charge in [-0.1, -0.05) is 52.5 Å². The van der Waals surface area contributed by atoms with E-state index in [0.717, 1.165) is 44.5 Å². The second-order valence-corrected chi connectivity index (χ2v) is 16.7. The summed E-state index contributed by atoms with van der Waals surface area (Å²) in [6.45, 7) is 15.2.